The number of hydrogen-bond acceptors (Lipinski definition) is 2. The number of nitrogens with zero attached hydrogens (tertiary/aromatic N) is 1. The Morgan fingerprint density at radius 2 is 1.82 bits per heavy atom. The molecule has 0 heterocycles. The molecule has 0 saturated heterocycles. The molecule has 0 spiro atoms. The van der Waals surface area contributed by atoms with Crippen molar-refractivity contribution < 1.29 is 0 Å². The van der Waals surface area contributed by atoms with Crippen LogP contribution >= 0.6 is 0 Å². The van der Waals surface area contributed by atoms with Gasteiger partial charge in [0.05, 0.1) is 0 Å². The highest BCUT2D eigenvalue weighted by molar-refractivity contribution is 4.80. The van der Waals surface area contributed by atoms with Gasteiger partial charge in [-0.2, -0.15) is 0 Å². The van der Waals surface area contributed by atoms with Crippen molar-refractivity contribution in [2.24, 2.45) is 5.41 Å². The van der Waals surface area contributed by atoms with Crippen molar-refractivity contribution in [2.45, 2.75) is 66.3 Å². The van der Waals surface area contributed by atoms with Crippen molar-refractivity contribution >= 4 is 0 Å². The smallest absolute Gasteiger partial charge is 0.00444 e. The molecule has 1 N–H and O–H groups in total. The fourth-order valence-electron chi connectivity index (χ4n) is 2.44. The third-order valence-corrected chi connectivity index (χ3v) is 3.34. The zero-order valence-corrected chi connectivity index (χ0v) is 13.0. The van der Waals surface area contributed by atoms with Gasteiger partial charge < -0.3 is 10.2 Å². The van der Waals surface area contributed by atoms with Gasteiger partial charge >= 0.3 is 0 Å². The van der Waals surface area contributed by atoms with Crippen LogP contribution in [0.5, 0.6) is 0 Å². The molecule has 0 amide bonds. The summed E-state index contributed by atoms with van der Waals surface area (Å²) in [4.78, 5) is 2.50. The molecule has 0 rings (SSSR count). The van der Waals surface area contributed by atoms with Gasteiger partial charge in [-0.1, -0.05) is 47.5 Å². The van der Waals surface area contributed by atoms with Crippen LogP contribution in [0.1, 0.15) is 60.3 Å². The van der Waals surface area contributed by atoms with Crippen LogP contribution in [0.2, 0.25) is 0 Å². The molecule has 0 fully saturated rings. The van der Waals surface area contributed by atoms with Gasteiger partial charge in [-0.05, 0) is 31.8 Å². The van der Waals surface area contributed by atoms with E-state index in [0.29, 0.717) is 11.5 Å². The Bertz CT molecular complexity index is 180. The maximum absolute atomic E-state index is 3.61. The predicted molar refractivity (Wildman–Crippen MR) is 78.6 cm³/mol. The van der Waals surface area contributed by atoms with E-state index >= 15 is 0 Å². The summed E-state index contributed by atoms with van der Waals surface area (Å²) in [6.45, 7) is 15.0. The van der Waals surface area contributed by atoms with Crippen LogP contribution < -0.4 is 5.32 Å². The number of rotatable bonds is 10. The van der Waals surface area contributed by atoms with E-state index < -0.39 is 0 Å². The van der Waals surface area contributed by atoms with Crippen LogP contribution in [0.15, 0.2) is 0 Å². The Hall–Kier alpha value is -0.0800. The quantitative estimate of drug-likeness (QED) is 0.630. The van der Waals surface area contributed by atoms with Gasteiger partial charge in [0.15, 0.2) is 0 Å². The summed E-state index contributed by atoms with van der Waals surface area (Å²) in [5.41, 5.74) is 0.418. The molecule has 0 aromatic heterocycles. The van der Waals surface area contributed by atoms with E-state index in [2.05, 4.69) is 51.9 Å². The zero-order valence-electron chi connectivity index (χ0n) is 13.0. The minimum Gasteiger partial charge on any atom is -0.314 e. The SMILES string of the molecule is CCCCN(C)CC(C)(CCC)CNC(C)C. The highest BCUT2D eigenvalue weighted by Crippen LogP contribution is 2.23. The molecule has 2 heteroatoms. The summed E-state index contributed by atoms with van der Waals surface area (Å²) in [6, 6.07) is 0.590. The molecule has 0 aromatic carbocycles. The third kappa shape index (κ3) is 8.62. The summed E-state index contributed by atoms with van der Waals surface area (Å²) in [7, 11) is 2.26. The molecule has 2 nitrogen and oxygen atoms in total. The van der Waals surface area contributed by atoms with E-state index in [1.165, 1.54) is 38.8 Å². The minimum atomic E-state index is 0.418. The lowest BCUT2D eigenvalue weighted by Gasteiger charge is -2.35. The van der Waals surface area contributed by atoms with E-state index in [0.717, 1.165) is 6.54 Å². The Morgan fingerprint density at radius 3 is 2.29 bits per heavy atom. The molecular formula is C15H34N2. The second-order valence-corrected chi connectivity index (χ2v) is 6.19. The van der Waals surface area contributed by atoms with Gasteiger partial charge in [0, 0.05) is 19.1 Å². The molecular weight excluding hydrogens is 208 g/mol. The van der Waals surface area contributed by atoms with E-state index in [1.807, 2.05) is 0 Å². The predicted octanol–water partition coefficient (Wildman–Crippen LogP) is 3.52. The van der Waals surface area contributed by atoms with Crippen molar-refractivity contribution in [2.75, 3.05) is 26.7 Å². The number of hydrogen-bond donors (Lipinski definition) is 1. The van der Waals surface area contributed by atoms with Crippen molar-refractivity contribution in [3.8, 4) is 0 Å². The fourth-order valence-corrected chi connectivity index (χ4v) is 2.44. The summed E-state index contributed by atoms with van der Waals surface area (Å²) >= 11 is 0. The van der Waals surface area contributed by atoms with Crippen molar-refractivity contribution in [1.29, 1.82) is 0 Å². The van der Waals surface area contributed by atoms with Crippen molar-refractivity contribution in [3.05, 3.63) is 0 Å². The molecule has 17 heavy (non-hydrogen) atoms. The molecule has 0 radical (unpaired) electrons. The van der Waals surface area contributed by atoms with Gasteiger partial charge in [-0.3, -0.25) is 0 Å². The average molecular weight is 242 g/mol. The highest BCUT2D eigenvalue weighted by Gasteiger charge is 2.24. The lowest BCUT2D eigenvalue weighted by atomic mass is 9.84. The van der Waals surface area contributed by atoms with Gasteiger partial charge in [0.2, 0.25) is 0 Å². The number of unbranched alkanes of at least 4 members (excludes halogenated alkanes) is 1. The molecule has 104 valence electrons. The minimum absolute atomic E-state index is 0.418. The van der Waals surface area contributed by atoms with Gasteiger partial charge in [-0.25, -0.2) is 0 Å². The number of nitrogens with one attached hydrogen (secondary N) is 1. The van der Waals surface area contributed by atoms with Gasteiger partial charge in [0.25, 0.3) is 0 Å². The average Bonchev–Trinajstić information content (AvgIpc) is 2.24. The van der Waals surface area contributed by atoms with Crippen LogP contribution in [0.3, 0.4) is 0 Å². The molecule has 0 aliphatic carbocycles. The molecule has 0 aromatic rings. The first kappa shape index (κ1) is 16.9. The first-order valence-corrected chi connectivity index (χ1v) is 7.35. The lowest BCUT2D eigenvalue weighted by molar-refractivity contribution is 0.168. The second kappa shape index (κ2) is 8.93. The van der Waals surface area contributed by atoms with E-state index in [-0.39, 0.29) is 0 Å². The van der Waals surface area contributed by atoms with Crippen LogP contribution in [0.25, 0.3) is 0 Å². The summed E-state index contributed by atoms with van der Waals surface area (Å²) in [6.07, 6.45) is 5.19. The summed E-state index contributed by atoms with van der Waals surface area (Å²) < 4.78 is 0. The van der Waals surface area contributed by atoms with E-state index in [9.17, 15) is 0 Å². The van der Waals surface area contributed by atoms with Gasteiger partial charge in [-0.15, -0.1) is 0 Å². The molecule has 0 bridgehead atoms. The largest absolute Gasteiger partial charge is 0.314 e. The normalized spacial score (nSPS) is 15.5. The second-order valence-electron chi connectivity index (χ2n) is 6.19. The zero-order chi connectivity index (χ0) is 13.3. The fraction of sp³-hybridized carbons (Fsp3) is 1.00. The van der Waals surface area contributed by atoms with Crippen molar-refractivity contribution in [3.63, 3.8) is 0 Å². The Balaban J connectivity index is 4.17. The Morgan fingerprint density at radius 1 is 1.18 bits per heavy atom. The van der Waals surface area contributed by atoms with E-state index in [1.54, 1.807) is 0 Å². The maximum Gasteiger partial charge on any atom is 0.00444 e. The Labute approximate surface area is 109 Å². The van der Waals surface area contributed by atoms with Gasteiger partial charge in [0.1, 0.15) is 0 Å². The standard InChI is InChI=1S/C15H34N2/c1-7-9-11-17(6)13-15(5,10-8-2)12-16-14(3)4/h14,16H,7-13H2,1-6H3. The topological polar surface area (TPSA) is 15.3 Å². The lowest BCUT2D eigenvalue weighted by Crippen LogP contribution is -2.43. The summed E-state index contributed by atoms with van der Waals surface area (Å²) in [5.74, 6) is 0. The van der Waals surface area contributed by atoms with Crippen LogP contribution in [0, 0.1) is 5.41 Å². The van der Waals surface area contributed by atoms with Crippen molar-refractivity contribution in [1.82, 2.24) is 10.2 Å². The molecule has 1 unspecified atom stereocenters. The molecule has 0 saturated carbocycles. The van der Waals surface area contributed by atoms with Crippen LogP contribution in [0.4, 0.5) is 0 Å². The van der Waals surface area contributed by atoms with E-state index in [4.69, 9.17) is 0 Å². The molecule has 0 aliphatic heterocycles. The third-order valence-electron chi connectivity index (χ3n) is 3.34. The molecule has 1 atom stereocenters. The first-order valence-electron chi connectivity index (χ1n) is 7.35. The Kier molecular flexibility index (Phi) is 8.89. The first-order chi connectivity index (χ1) is 7.93. The molecule has 0 aliphatic rings. The van der Waals surface area contributed by atoms with Crippen LogP contribution in [-0.2, 0) is 0 Å². The monoisotopic (exact) mass is 242 g/mol. The highest BCUT2D eigenvalue weighted by atomic mass is 15.1. The summed E-state index contributed by atoms with van der Waals surface area (Å²) in [5, 5.41) is 3.61. The maximum atomic E-state index is 3.61. The van der Waals surface area contributed by atoms with Crippen LogP contribution in [-0.4, -0.2) is 37.6 Å².